The minimum absolute atomic E-state index is 0. The number of hydrogen-bond donors (Lipinski definition) is 2. The van der Waals surface area contributed by atoms with Gasteiger partial charge in [0.25, 0.3) is 0 Å². The van der Waals surface area contributed by atoms with Crippen molar-refractivity contribution in [3.05, 3.63) is 0 Å². The van der Waals surface area contributed by atoms with E-state index in [1.165, 1.54) is 32.4 Å². The minimum atomic E-state index is 0. The highest BCUT2D eigenvalue weighted by molar-refractivity contribution is 14.0. The first kappa shape index (κ1) is 20.0. The highest BCUT2D eigenvalue weighted by Gasteiger charge is 2.21. The zero-order valence-corrected chi connectivity index (χ0v) is 16.6. The van der Waals surface area contributed by atoms with E-state index in [0.717, 1.165) is 38.0 Å². The predicted molar refractivity (Wildman–Crippen MR) is 103 cm³/mol. The van der Waals surface area contributed by atoms with Crippen LogP contribution in [0.5, 0.6) is 0 Å². The SMILES string of the molecule is CN=C(NCC1CCCO1)NCC(C)N1CCCC(C)C1.I. The van der Waals surface area contributed by atoms with Crippen LogP contribution in [0.15, 0.2) is 4.99 Å². The van der Waals surface area contributed by atoms with Crippen molar-refractivity contribution in [1.29, 1.82) is 0 Å². The highest BCUT2D eigenvalue weighted by atomic mass is 127. The van der Waals surface area contributed by atoms with Crippen molar-refractivity contribution in [3.63, 3.8) is 0 Å². The van der Waals surface area contributed by atoms with Crippen LogP contribution in [0.4, 0.5) is 0 Å². The van der Waals surface area contributed by atoms with Crippen molar-refractivity contribution in [2.75, 3.05) is 39.8 Å². The number of likely N-dealkylation sites (tertiary alicyclic amines) is 1. The fourth-order valence-corrected chi connectivity index (χ4v) is 3.24. The largest absolute Gasteiger partial charge is 0.376 e. The van der Waals surface area contributed by atoms with Crippen LogP contribution in [0, 0.1) is 5.92 Å². The van der Waals surface area contributed by atoms with Gasteiger partial charge < -0.3 is 15.4 Å². The van der Waals surface area contributed by atoms with Gasteiger partial charge in [-0.1, -0.05) is 6.92 Å². The summed E-state index contributed by atoms with van der Waals surface area (Å²) in [5.41, 5.74) is 0. The number of ether oxygens (including phenoxy) is 1. The molecule has 3 unspecified atom stereocenters. The molecule has 0 amide bonds. The van der Waals surface area contributed by atoms with Gasteiger partial charge in [-0.2, -0.15) is 0 Å². The van der Waals surface area contributed by atoms with E-state index in [-0.39, 0.29) is 24.0 Å². The molecule has 0 aliphatic carbocycles. The van der Waals surface area contributed by atoms with Crippen LogP contribution in [-0.2, 0) is 4.74 Å². The molecular formula is C16H33IN4O. The first-order valence-corrected chi connectivity index (χ1v) is 8.49. The number of rotatable bonds is 5. The maximum atomic E-state index is 5.63. The standard InChI is InChI=1S/C16H32N4O.HI/c1-13-6-4-8-20(12-13)14(2)10-18-16(17-3)19-11-15-7-5-9-21-15;/h13-15H,4-12H2,1-3H3,(H2,17,18,19);1H. The average molecular weight is 424 g/mol. The third-order valence-corrected chi connectivity index (χ3v) is 4.62. The van der Waals surface area contributed by atoms with Crippen molar-refractivity contribution in [1.82, 2.24) is 15.5 Å². The normalized spacial score (nSPS) is 28.0. The summed E-state index contributed by atoms with van der Waals surface area (Å²) in [6.45, 7) is 9.82. The number of hydrogen-bond acceptors (Lipinski definition) is 3. The Morgan fingerprint density at radius 2 is 2.14 bits per heavy atom. The number of halogens is 1. The van der Waals surface area contributed by atoms with Crippen LogP contribution in [0.2, 0.25) is 0 Å². The summed E-state index contributed by atoms with van der Waals surface area (Å²) < 4.78 is 5.63. The topological polar surface area (TPSA) is 48.9 Å². The van der Waals surface area contributed by atoms with E-state index in [2.05, 4.69) is 34.4 Å². The smallest absolute Gasteiger partial charge is 0.191 e. The monoisotopic (exact) mass is 424 g/mol. The molecule has 0 aromatic rings. The van der Waals surface area contributed by atoms with Gasteiger partial charge in [-0.25, -0.2) is 0 Å². The molecule has 5 nitrogen and oxygen atoms in total. The molecule has 2 aliphatic heterocycles. The van der Waals surface area contributed by atoms with Gasteiger partial charge in [0.15, 0.2) is 5.96 Å². The maximum Gasteiger partial charge on any atom is 0.191 e. The van der Waals surface area contributed by atoms with E-state index in [0.29, 0.717) is 12.1 Å². The minimum Gasteiger partial charge on any atom is -0.376 e. The van der Waals surface area contributed by atoms with Gasteiger partial charge in [0.2, 0.25) is 0 Å². The first-order valence-electron chi connectivity index (χ1n) is 8.49. The Balaban J connectivity index is 0.00000242. The molecule has 2 saturated heterocycles. The molecule has 130 valence electrons. The lowest BCUT2D eigenvalue weighted by Gasteiger charge is -2.35. The van der Waals surface area contributed by atoms with Gasteiger partial charge in [0, 0.05) is 39.3 Å². The number of guanidine groups is 1. The Morgan fingerprint density at radius 3 is 2.77 bits per heavy atom. The van der Waals surface area contributed by atoms with Crippen molar-refractivity contribution in [3.8, 4) is 0 Å². The molecule has 0 spiro atoms. The summed E-state index contributed by atoms with van der Waals surface area (Å²) >= 11 is 0. The van der Waals surface area contributed by atoms with Gasteiger partial charge in [-0.05, 0) is 45.1 Å². The molecule has 0 aromatic heterocycles. The van der Waals surface area contributed by atoms with E-state index in [4.69, 9.17) is 4.74 Å². The second-order valence-corrected chi connectivity index (χ2v) is 6.56. The molecule has 22 heavy (non-hydrogen) atoms. The lowest BCUT2D eigenvalue weighted by atomic mass is 9.99. The fourth-order valence-electron chi connectivity index (χ4n) is 3.24. The van der Waals surface area contributed by atoms with E-state index in [9.17, 15) is 0 Å². The quantitative estimate of drug-likeness (QED) is 0.403. The van der Waals surface area contributed by atoms with E-state index in [1.54, 1.807) is 0 Å². The van der Waals surface area contributed by atoms with Gasteiger partial charge in [-0.15, -0.1) is 24.0 Å². The maximum absolute atomic E-state index is 5.63. The Morgan fingerprint density at radius 1 is 1.32 bits per heavy atom. The molecular weight excluding hydrogens is 391 g/mol. The molecule has 0 saturated carbocycles. The Labute approximate surface area is 152 Å². The summed E-state index contributed by atoms with van der Waals surface area (Å²) in [6.07, 6.45) is 5.40. The fraction of sp³-hybridized carbons (Fsp3) is 0.938. The van der Waals surface area contributed by atoms with E-state index in [1.807, 2.05) is 7.05 Å². The zero-order valence-electron chi connectivity index (χ0n) is 14.3. The van der Waals surface area contributed by atoms with E-state index >= 15 is 0 Å². The van der Waals surface area contributed by atoms with Gasteiger partial charge in [0.05, 0.1) is 6.10 Å². The van der Waals surface area contributed by atoms with Crippen molar-refractivity contribution in [2.45, 2.75) is 51.7 Å². The second kappa shape index (κ2) is 10.6. The summed E-state index contributed by atoms with van der Waals surface area (Å²) in [6, 6.07) is 0.550. The second-order valence-electron chi connectivity index (χ2n) is 6.56. The van der Waals surface area contributed by atoms with Gasteiger partial charge in [0.1, 0.15) is 0 Å². The molecule has 0 aromatic carbocycles. The van der Waals surface area contributed by atoms with Crippen LogP contribution in [0.25, 0.3) is 0 Å². The average Bonchev–Trinajstić information content (AvgIpc) is 3.00. The lowest BCUT2D eigenvalue weighted by molar-refractivity contribution is 0.113. The predicted octanol–water partition coefficient (Wildman–Crippen LogP) is 2.07. The van der Waals surface area contributed by atoms with Crippen molar-refractivity contribution < 1.29 is 4.74 Å². The number of piperidine rings is 1. The molecule has 3 atom stereocenters. The van der Waals surface area contributed by atoms with Gasteiger partial charge in [-0.3, -0.25) is 9.89 Å². The third-order valence-electron chi connectivity index (χ3n) is 4.62. The first-order chi connectivity index (χ1) is 10.2. The Bertz CT molecular complexity index is 334. The van der Waals surface area contributed by atoms with Crippen molar-refractivity contribution in [2.24, 2.45) is 10.9 Å². The molecule has 0 bridgehead atoms. The molecule has 6 heteroatoms. The number of nitrogens with one attached hydrogen (secondary N) is 2. The summed E-state index contributed by atoms with van der Waals surface area (Å²) in [5, 5.41) is 6.82. The van der Waals surface area contributed by atoms with Crippen molar-refractivity contribution >= 4 is 29.9 Å². The molecule has 2 aliphatic rings. The molecule has 2 rings (SSSR count). The van der Waals surface area contributed by atoms with Crippen LogP contribution in [-0.4, -0.2) is 62.8 Å². The van der Waals surface area contributed by atoms with Crippen LogP contribution < -0.4 is 10.6 Å². The lowest BCUT2D eigenvalue weighted by Crippen LogP contribution is -2.49. The zero-order chi connectivity index (χ0) is 15.1. The number of aliphatic imine (C=N–C) groups is 1. The molecule has 0 radical (unpaired) electrons. The Kier molecular flexibility index (Phi) is 9.66. The number of nitrogens with zero attached hydrogens (tertiary/aromatic N) is 2. The summed E-state index contributed by atoms with van der Waals surface area (Å²) in [7, 11) is 1.83. The summed E-state index contributed by atoms with van der Waals surface area (Å²) in [5.74, 6) is 1.72. The molecule has 2 heterocycles. The molecule has 2 N–H and O–H groups in total. The molecule has 2 fully saturated rings. The Hall–Kier alpha value is -0.0800. The van der Waals surface area contributed by atoms with Crippen LogP contribution in [0.3, 0.4) is 0 Å². The van der Waals surface area contributed by atoms with Gasteiger partial charge >= 0.3 is 0 Å². The summed E-state index contributed by atoms with van der Waals surface area (Å²) in [4.78, 5) is 6.89. The van der Waals surface area contributed by atoms with E-state index < -0.39 is 0 Å². The third kappa shape index (κ3) is 6.58. The highest BCUT2D eigenvalue weighted by Crippen LogP contribution is 2.17. The van der Waals surface area contributed by atoms with Crippen LogP contribution >= 0.6 is 24.0 Å². The van der Waals surface area contributed by atoms with Crippen LogP contribution in [0.1, 0.15) is 39.5 Å².